The molecule has 1 aliphatic rings. The van der Waals surface area contributed by atoms with Crippen LogP contribution in [0.4, 0.5) is 4.39 Å². The maximum Gasteiger partial charge on any atom is 0.173 e. The average molecular weight is 364 g/mol. The minimum atomic E-state index is -0.330. The summed E-state index contributed by atoms with van der Waals surface area (Å²) in [5, 5.41) is 8.01. The third-order valence-electron chi connectivity index (χ3n) is 5.27. The molecule has 0 unspecified atom stereocenters. The van der Waals surface area contributed by atoms with Gasteiger partial charge in [0.05, 0.1) is 23.3 Å². The van der Waals surface area contributed by atoms with Gasteiger partial charge < -0.3 is 9.72 Å². The maximum absolute atomic E-state index is 14.8. The van der Waals surface area contributed by atoms with Crippen LogP contribution in [0.15, 0.2) is 30.7 Å². The Bertz CT molecular complexity index is 1150. The molecule has 0 bridgehead atoms. The van der Waals surface area contributed by atoms with Crippen molar-refractivity contribution in [3.63, 3.8) is 0 Å². The number of nitrogens with one attached hydrogen (secondary N) is 1. The van der Waals surface area contributed by atoms with Gasteiger partial charge >= 0.3 is 0 Å². The molecular weight excluding hydrogens is 343 g/mol. The fourth-order valence-corrected chi connectivity index (χ4v) is 3.90. The monoisotopic (exact) mass is 364 g/mol. The van der Waals surface area contributed by atoms with Gasteiger partial charge in [-0.15, -0.1) is 0 Å². The highest BCUT2D eigenvalue weighted by molar-refractivity contribution is 5.64. The van der Waals surface area contributed by atoms with Gasteiger partial charge in [-0.3, -0.25) is 0 Å². The first kappa shape index (κ1) is 16.4. The average Bonchev–Trinajstić information content (AvgIpc) is 3.26. The molecule has 0 aromatic carbocycles. The zero-order valence-corrected chi connectivity index (χ0v) is 15.4. The zero-order valence-electron chi connectivity index (χ0n) is 15.4. The molecule has 138 valence electrons. The lowest BCUT2D eigenvalue weighted by Gasteiger charge is -2.20. The van der Waals surface area contributed by atoms with E-state index < -0.39 is 0 Å². The Balaban J connectivity index is 1.61. The van der Waals surface area contributed by atoms with Crippen molar-refractivity contribution in [2.75, 3.05) is 13.1 Å². The number of imidazole rings is 2. The number of hydrogen-bond acceptors (Lipinski definition) is 4. The third-order valence-corrected chi connectivity index (χ3v) is 5.27. The zero-order chi connectivity index (χ0) is 18.5. The number of piperidine rings is 1. The van der Waals surface area contributed by atoms with Crippen molar-refractivity contribution in [3.8, 4) is 11.3 Å². The lowest BCUT2D eigenvalue weighted by Crippen LogP contribution is -2.28. The van der Waals surface area contributed by atoms with Crippen LogP contribution in [-0.4, -0.2) is 37.1 Å². The molecule has 1 saturated heterocycles. The van der Waals surface area contributed by atoms with E-state index in [1.807, 2.05) is 38.5 Å². The van der Waals surface area contributed by atoms with Gasteiger partial charge in [-0.2, -0.15) is 5.10 Å². The van der Waals surface area contributed by atoms with Crippen LogP contribution >= 0.6 is 0 Å². The van der Waals surface area contributed by atoms with Gasteiger partial charge in [0.15, 0.2) is 17.1 Å². The topological polar surface area (TPSA) is 59.5 Å². The normalized spacial score (nSPS) is 17.8. The van der Waals surface area contributed by atoms with E-state index in [1.54, 1.807) is 8.92 Å². The van der Waals surface area contributed by atoms with Crippen molar-refractivity contribution in [3.05, 3.63) is 53.5 Å². The Labute approximate surface area is 156 Å². The number of halogens is 1. The number of aromatic nitrogens is 5. The molecule has 5 rings (SSSR count). The standard InChI is InChI=1S/C20H21FN6/c1-12-6-17(25-27-9-13(2)23-19(12)27)15-7-16(21)20-24-18(11-26(20)10-15)14-4-3-5-22-8-14/h6-7,9-11,14,22H,3-5,8H2,1-2H3/t14-/m1/s1. The highest BCUT2D eigenvalue weighted by Gasteiger charge is 2.20. The predicted molar refractivity (Wildman–Crippen MR) is 101 cm³/mol. The van der Waals surface area contributed by atoms with E-state index in [2.05, 4.69) is 20.4 Å². The van der Waals surface area contributed by atoms with Crippen LogP contribution in [0.1, 0.15) is 35.7 Å². The molecule has 6 nitrogen and oxygen atoms in total. The number of nitrogens with zero attached hydrogens (tertiary/aromatic N) is 5. The minimum absolute atomic E-state index is 0.330. The summed E-state index contributed by atoms with van der Waals surface area (Å²) in [6, 6.07) is 3.47. The number of pyridine rings is 1. The van der Waals surface area contributed by atoms with Gasteiger partial charge in [0.25, 0.3) is 0 Å². The number of aryl methyl sites for hydroxylation is 2. The summed E-state index contributed by atoms with van der Waals surface area (Å²) in [5.74, 6) is 0.0102. The highest BCUT2D eigenvalue weighted by Crippen LogP contribution is 2.27. The van der Waals surface area contributed by atoms with E-state index in [1.165, 1.54) is 6.07 Å². The van der Waals surface area contributed by atoms with Crippen LogP contribution in [-0.2, 0) is 0 Å². The molecule has 0 saturated carbocycles. The van der Waals surface area contributed by atoms with E-state index in [0.29, 0.717) is 17.3 Å². The Morgan fingerprint density at radius 2 is 2.00 bits per heavy atom. The Morgan fingerprint density at radius 1 is 1.11 bits per heavy atom. The van der Waals surface area contributed by atoms with E-state index in [9.17, 15) is 4.39 Å². The molecule has 1 N–H and O–H groups in total. The summed E-state index contributed by atoms with van der Waals surface area (Å²) >= 11 is 0. The molecular formula is C20H21FN6. The second kappa shape index (κ2) is 6.13. The molecule has 0 radical (unpaired) electrons. The van der Waals surface area contributed by atoms with Gasteiger partial charge in [0.1, 0.15) is 0 Å². The lowest BCUT2D eigenvalue weighted by atomic mass is 9.97. The molecule has 0 spiro atoms. The summed E-state index contributed by atoms with van der Waals surface area (Å²) in [6.45, 7) is 5.87. The van der Waals surface area contributed by atoms with Crippen LogP contribution in [0.2, 0.25) is 0 Å². The SMILES string of the molecule is Cc1cn2nc(-c3cc(F)c4nc([C@@H]5CCCNC5)cn4c3)cc(C)c2n1. The number of fused-ring (bicyclic) bond motifs is 2. The Morgan fingerprint density at radius 3 is 2.81 bits per heavy atom. The van der Waals surface area contributed by atoms with Crippen molar-refractivity contribution in [2.45, 2.75) is 32.6 Å². The number of rotatable bonds is 2. The Kier molecular flexibility index (Phi) is 3.72. The molecule has 27 heavy (non-hydrogen) atoms. The highest BCUT2D eigenvalue weighted by atomic mass is 19.1. The smallest absolute Gasteiger partial charge is 0.173 e. The first-order valence-corrected chi connectivity index (χ1v) is 9.31. The van der Waals surface area contributed by atoms with E-state index >= 15 is 0 Å². The molecule has 7 heteroatoms. The molecule has 0 amide bonds. The maximum atomic E-state index is 14.8. The van der Waals surface area contributed by atoms with Gasteiger partial charge in [-0.05, 0) is 50.9 Å². The molecule has 5 heterocycles. The summed E-state index contributed by atoms with van der Waals surface area (Å²) in [6.07, 6.45) is 7.95. The summed E-state index contributed by atoms with van der Waals surface area (Å²) in [4.78, 5) is 9.03. The molecule has 1 aliphatic heterocycles. The van der Waals surface area contributed by atoms with E-state index in [4.69, 9.17) is 0 Å². The van der Waals surface area contributed by atoms with Crippen LogP contribution in [0.5, 0.6) is 0 Å². The van der Waals surface area contributed by atoms with Gasteiger partial charge in [-0.25, -0.2) is 18.9 Å². The molecule has 1 atom stereocenters. The molecule has 0 aliphatic carbocycles. The lowest BCUT2D eigenvalue weighted by molar-refractivity contribution is 0.456. The Hall–Kier alpha value is -2.80. The minimum Gasteiger partial charge on any atom is -0.316 e. The third kappa shape index (κ3) is 2.78. The second-order valence-corrected chi connectivity index (χ2v) is 7.38. The summed E-state index contributed by atoms with van der Waals surface area (Å²) in [5.41, 5.74) is 5.50. The van der Waals surface area contributed by atoms with Crippen LogP contribution in [0.25, 0.3) is 22.6 Å². The molecule has 4 aromatic heterocycles. The van der Waals surface area contributed by atoms with Gasteiger partial charge in [-0.1, -0.05) is 0 Å². The fraction of sp³-hybridized carbons (Fsp3) is 0.350. The van der Waals surface area contributed by atoms with Crippen molar-refractivity contribution in [1.82, 2.24) is 29.3 Å². The fourth-order valence-electron chi connectivity index (χ4n) is 3.90. The van der Waals surface area contributed by atoms with Gasteiger partial charge in [0, 0.05) is 30.4 Å². The second-order valence-electron chi connectivity index (χ2n) is 7.38. The first-order chi connectivity index (χ1) is 13.1. The summed E-state index contributed by atoms with van der Waals surface area (Å²) < 4.78 is 18.3. The molecule has 4 aromatic rings. The van der Waals surface area contributed by atoms with E-state index in [-0.39, 0.29) is 5.82 Å². The van der Waals surface area contributed by atoms with Crippen LogP contribution < -0.4 is 5.32 Å². The predicted octanol–water partition coefficient (Wildman–Crippen LogP) is 3.27. The first-order valence-electron chi connectivity index (χ1n) is 9.31. The van der Waals surface area contributed by atoms with Crippen LogP contribution in [0, 0.1) is 19.7 Å². The van der Waals surface area contributed by atoms with Crippen molar-refractivity contribution in [1.29, 1.82) is 0 Å². The quantitative estimate of drug-likeness (QED) is 0.593. The molecule has 1 fully saturated rings. The largest absolute Gasteiger partial charge is 0.316 e. The van der Waals surface area contributed by atoms with Crippen molar-refractivity contribution >= 4 is 11.3 Å². The van der Waals surface area contributed by atoms with Gasteiger partial charge in [0.2, 0.25) is 0 Å². The summed E-state index contributed by atoms with van der Waals surface area (Å²) in [7, 11) is 0. The van der Waals surface area contributed by atoms with E-state index in [0.717, 1.165) is 54.1 Å². The number of hydrogen-bond donors (Lipinski definition) is 1. The van der Waals surface area contributed by atoms with Crippen molar-refractivity contribution < 1.29 is 4.39 Å². The van der Waals surface area contributed by atoms with Crippen molar-refractivity contribution in [2.24, 2.45) is 0 Å². The van der Waals surface area contributed by atoms with Crippen LogP contribution in [0.3, 0.4) is 0 Å².